The number of aryl methyl sites for hydroxylation is 8. The van der Waals surface area contributed by atoms with Gasteiger partial charge in [-0.25, -0.2) is 14.5 Å². The van der Waals surface area contributed by atoms with Gasteiger partial charge in [-0.05, 0) is 206 Å². The molecule has 6 aromatic carbocycles. The van der Waals surface area contributed by atoms with Gasteiger partial charge < -0.3 is 38.2 Å². The smallest absolute Gasteiger partial charge is 0.457 e. The summed E-state index contributed by atoms with van der Waals surface area (Å²) in [6, 6.07) is 21.0. The lowest BCUT2D eigenvalue weighted by Crippen LogP contribution is -2.30. The summed E-state index contributed by atoms with van der Waals surface area (Å²) < 4.78 is 80.8. The molecule has 0 spiro atoms. The number of nitrogens with zero attached hydrogens (tertiary/aromatic N) is 3. The average Bonchev–Trinajstić information content (AvgIpc) is 3.76. The molecule has 0 saturated carbocycles. The zero-order valence-electron chi connectivity index (χ0n) is 44.3. The van der Waals surface area contributed by atoms with Crippen molar-refractivity contribution in [2.45, 2.75) is 88.8 Å². The lowest BCUT2D eigenvalue weighted by atomic mass is 9.64. The number of ether oxygens (including phenoxy) is 3. The van der Waals surface area contributed by atoms with E-state index in [2.05, 4.69) is 14.5 Å². The van der Waals surface area contributed by atoms with E-state index in [0.29, 0.717) is 73.6 Å². The second-order valence-electron chi connectivity index (χ2n) is 16.4. The maximum Gasteiger partial charge on any atom is 0.492 e. The third kappa shape index (κ3) is 9.88. The summed E-state index contributed by atoms with van der Waals surface area (Å²) in [4.78, 5) is 10.6. The predicted molar refractivity (Wildman–Crippen MR) is 261 cm³/mol. The standard InChI is InChI=1S/C18H18BNO2.2C17H16BNO3/c1-11-8-14(9-12(2)18(11)20-5)22-17-7-6-16-15(13(17)3)10-21-19(16)4;1-10-7-15-13(9-21-18(15)20)8-16(10)22-14-5-11(2)17(19-4)12(3)6-14;1-10-5-15(8-13-9-21-18(20)16(10)13)22-14-6-11(2)17(19-4)12(3)7-14/h6-9H,10H2,1-4H3;2*5-8,20H,9H2,1-3H3/i10D2;2*9D2. The molecule has 0 atom stereocenters. The van der Waals surface area contributed by atoms with Crippen molar-refractivity contribution >= 4 is 54.6 Å². The minimum absolute atomic E-state index is 0.266. The van der Waals surface area contributed by atoms with Gasteiger partial charge in [-0.3, -0.25) is 0 Å². The fourth-order valence-corrected chi connectivity index (χ4v) is 8.06. The van der Waals surface area contributed by atoms with Crippen LogP contribution < -0.4 is 30.6 Å². The Morgan fingerprint density at radius 3 is 1.48 bits per heavy atom. The first-order valence-corrected chi connectivity index (χ1v) is 21.0. The van der Waals surface area contributed by atoms with Crippen LogP contribution >= 0.6 is 0 Å². The predicted octanol–water partition coefficient (Wildman–Crippen LogP) is 10.7. The number of rotatable bonds is 6. The second kappa shape index (κ2) is 19.7. The third-order valence-corrected chi connectivity index (χ3v) is 11.4. The molecule has 11 nitrogen and oxygen atoms in total. The summed E-state index contributed by atoms with van der Waals surface area (Å²) in [5.41, 5.74) is 11.9. The molecule has 9 rings (SSSR count). The molecule has 0 saturated heterocycles. The molecule has 0 aromatic heterocycles. The molecule has 2 N–H and O–H groups in total. The van der Waals surface area contributed by atoms with E-state index < -0.39 is 33.9 Å². The van der Waals surface area contributed by atoms with Crippen LogP contribution in [0.4, 0.5) is 17.1 Å². The van der Waals surface area contributed by atoms with Crippen molar-refractivity contribution in [2.24, 2.45) is 0 Å². The molecular formula is C52H50B3N3O8. The highest BCUT2D eigenvalue weighted by Gasteiger charge is 2.31. The zero-order chi connectivity index (χ0) is 52.9. The Kier molecular flexibility index (Phi) is 11.8. The molecule has 3 aliphatic rings. The molecule has 330 valence electrons. The fraction of sp³-hybridized carbons (Fsp3) is 0.250. The molecule has 66 heavy (non-hydrogen) atoms. The Bertz CT molecular complexity index is 3180. The quantitative estimate of drug-likeness (QED) is 0.126. The number of hydrogen-bond donors (Lipinski definition) is 2. The molecule has 0 fully saturated rings. The van der Waals surface area contributed by atoms with Crippen molar-refractivity contribution in [3.63, 3.8) is 0 Å². The Hall–Kier alpha value is -6.82. The first-order valence-electron chi connectivity index (χ1n) is 24.0. The van der Waals surface area contributed by atoms with Gasteiger partial charge in [0.2, 0.25) is 0 Å². The monoisotopic (exact) mass is 883 g/mol. The van der Waals surface area contributed by atoms with Crippen molar-refractivity contribution in [1.29, 1.82) is 0 Å². The molecule has 0 bridgehead atoms. The number of hydrogen-bond acceptors (Lipinski definition) is 8. The van der Waals surface area contributed by atoms with Gasteiger partial charge in [-0.2, -0.15) is 0 Å². The van der Waals surface area contributed by atoms with Gasteiger partial charge in [0, 0.05) is 0 Å². The minimum Gasteiger partial charge on any atom is -0.457 e. The summed E-state index contributed by atoms with van der Waals surface area (Å²) in [5, 5.41) is 19.7. The topological polar surface area (TPSA) is 109 Å². The van der Waals surface area contributed by atoms with Crippen molar-refractivity contribution < 1.29 is 46.4 Å². The molecule has 6 aromatic rings. The summed E-state index contributed by atoms with van der Waals surface area (Å²) in [6.07, 6.45) is 0. The summed E-state index contributed by atoms with van der Waals surface area (Å²) in [5.74, 6) is 3.36. The number of benzene rings is 6. The fourth-order valence-electron chi connectivity index (χ4n) is 8.06. The molecule has 0 unspecified atom stereocenters. The summed E-state index contributed by atoms with van der Waals surface area (Å²) in [7, 11) is -2.54. The number of fused-ring (bicyclic) bond motifs is 3. The van der Waals surface area contributed by atoms with Gasteiger partial charge in [-0.15, -0.1) is 0 Å². The zero-order valence-corrected chi connectivity index (χ0v) is 38.3. The molecular weight excluding hydrogens is 827 g/mol. The van der Waals surface area contributed by atoms with E-state index in [0.717, 1.165) is 50.0 Å². The summed E-state index contributed by atoms with van der Waals surface area (Å²) in [6.45, 7) is 33.9. The van der Waals surface area contributed by atoms with E-state index in [4.69, 9.17) is 56.1 Å². The van der Waals surface area contributed by atoms with Crippen LogP contribution in [0.2, 0.25) is 6.82 Å². The van der Waals surface area contributed by atoms with E-state index in [-0.39, 0.29) is 18.0 Å². The normalized spacial score (nSPS) is 16.6. The Labute approximate surface area is 397 Å². The Morgan fingerprint density at radius 1 is 0.500 bits per heavy atom. The molecule has 0 radical (unpaired) electrons. The minimum atomic E-state index is -2.06. The van der Waals surface area contributed by atoms with Gasteiger partial charge in [-0.1, -0.05) is 19.0 Å². The lowest BCUT2D eigenvalue weighted by Gasteiger charge is -2.14. The lowest BCUT2D eigenvalue weighted by molar-refractivity contribution is 0.274. The molecule has 14 heteroatoms. The van der Waals surface area contributed by atoms with E-state index in [1.807, 2.05) is 86.5 Å². The van der Waals surface area contributed by atoms with Crippen LogP contribution in [0, 0.1) is 82.0 Å². The van der Waals surface area contributed by atoms with E-state index in [1.54, 1.807) is 55.5 Å². The van der Waals surface area contributed by atoms with Crippen LogP contribution in [0.25, 0.3) is 14.5 Å². The van der Waals surface area contributed by atoms with Crippen molar-refractivity contribution in [1.82, 2.24) is 0 Å². The van der Waals surface area contributed by atoms with Gasteiger partial charge in [0.15, 0.2) is 17.1 Å². The highest BCUT2D eigenvalue weighted by Crippen LogP contribution is 2.36. The van der Waals surface area contributed by atoms with E-state index in [9.17, 15) is 10.0 Å². The van der Waals surface area contributed by atoms with Crippen molar-refractivity contribution in [2.75, 3.05) is 0 Å². The molecule has 3 heterocycles. The van der Waals surface area contributed by atoms with Crippen molar-refractivity contribution in [3.8, 4) is 34.5 Å². The average molecular weight is 883 g/mol. The van der Waals surface area contributed by atoms with Gasteiger partial charge in [0.25, 0.3) is 0 Å². The second-order valence-corrected chi connectivity index (χ2v) is 16.4. The van der Waals surface area contributed by atoms with Crippen LogP contribution in [0.5, 0.6) is 34.5 Å². The van der Waals surface area contributed by atoms with Crippen LogP contribution in [0.1, 0.15) is 75.0 Å². The first kappa shape index (κ1) is 39.5. The third-order valence-electron chi connectivity index (χ3n) is 11.4. The van der Waals surface area contributed by atoms with Gasteiger partial charge in [0.05, 0.1) is 47.6 Å². The Balaban J connectivity index is 0.000000158. The largest absolute Gasteiger partial charge is 0.492 e. The molecule has 0 aliphatic carbocycles. The van der Waals surface area contributed by atoms with Crippen LogP contribution in [0.15, 0.2) is 72.8 Å². The van der Waals surface area contributed by atoms with Crippen LogP contribution in [0.3, 0.4) is 0 Å². The summed E-state index contributed by atoms with van der Waals surface area (Å²) >= 11 is 0. The van der Waals surface area contributed by atoms with Crippen molar-refractivity contribution in [3.05, 3.63) is 174 Å². The maximum absolute atomic E-state index is 9.88. The highest BCUT2D eigenvalue weighted by atomic mass is 16.5. The van der Waals surface area contributed by atoms with Crippen LogP contribution in [-0.4, -0.2) is 31.2 Å². The maximum atomic E-state index is 9.88. The van der Waals surface area contributed by atoms with Crippen LogP contribution in [-0.2, 0) is 33.6 Å². The first-order chi connectivity index (χ1) is 33.7. The Morgan fingerprint density at radius 2 is 0.955 bits per heavy atom. The molecule has 0 amide bonds. The van der Waals surface area contributed by atoms with Gasteiger partial charge in [0.1, 0.15) is 34.5 Å². The van der Waals surface area contributed by atoms with E-state index >= 15 is 0 Å². The SMILES string of the molecule is [2H]C1([2H])OB(C)c2ccc(Oc3cc(C)c([N+]#[C-])c(C)c3)c(C)c21.[2H]C1([2H])OB(O)c2c(C)cc(Oc3cc(C)c([N+]#[C-])c(C)c3)cc21.[2H]C1([2H])OB(O)c2cc(C)c(Oc3cc(C)c([N+]#[C-])c(C)c3)cc21. The van der Waals surface area contributed by atoms with Gasteiger partial charge >= 0.3 is 21.2 Å². The highest BCUT2D eigenvalue weighted by molar-refractivity contribution is 6.67. The van der Waals surface area contributed by atoms with E-state index in [1.165, 1.54) is 0 Å². The molecule has 3 aliphatic heterocycles.